The Bertz CT molecular complexity index is 758. The zero-order chi connectivity index (χ0) is 19.1. The Hall–Kier alpha value is -1.99. The average Bonchev–Trinajstić information content (AvgIpc) is 3.01. The van der Waals surface area contributed by atoms with Crippen LogP contribution in [0, 0.1) is 12.8 Å². The van der Waals surface area contributed by atoms with Crippen molar-refractivity contribution in [3.63, 3.8) is 0 Å². The van der Waals surface area contributed by atoms with Crippen LogP contribution >= 0.6 is 11.8 Å². The highest BCUT2D eigenvalue weighted by atomic mass is 32.2. The second-order valence-electron chi connectivity index (χ2n) is 6.68. The van der Waals surface area contributed by atoms with Crippen LogP contribution < -0.4 is 10.6 Å². The second kappa shape index (κ2) is 9.64. The van der Waals surface area contributed by atoms with Gasteiger partial charge in [-0.2, -0.15) is 0 Å². The Morgan fingerprint density at radius 3 is 2.73 bits per heavy atom. The number of hydrogen-bond acceptors (Lipinski definition) is 4. The van der Waals surface area contributed by atoms with E-state index in [2.05, 4.69) is 42.5 Å². The molecule has 0 radical (unpaired) electrons. The highest BCUT2D eigenvalue weighted by molar-refractivity contribution is 8.00. The van der Waals surface area contributed by atoms with E-state index in [0.29, 0.717) is 12.3 Å². The van der Waals surface area contributed by atoms with Gasteiger partial charge in [-0.25, -0.2) is 0 Å². The summed E-state index contributed by atoms with van der Waals surface area (Å²) >= 11 is 1.53. The minimum atomic E-state index is -0.302. The van der Waals surface area contributed by atoms with E-state index in [9.17, 15) is 9.59 Å². The summed E-state index contributed by atoms with van der Waals surface area (Å²) in [6.45, 7) is 6.20. The van der Waals surface area contributed by atoms with E-state index in [4.69, 9.17) is 5.11 Å². The van der Waals surface area contributed by atoms with Gasteiger partial charge in [-0.15, -0.1) is 11.8 Å². The van der Waals surface area contributed by atoms with Crippen LogP contribution in [0.2, 0.25) is 0 Å². The predicted molar refractivity (Wildman–Crippen MR) is 105 cm³/mol. The van der Waals surface area contributed by atoms with Crippen LogP contribution in [0.25, 0.3) is 10.9 Å². The number of carbonyl (C=O) groups is 2. The van der Waals surface area contributed by atoms with Gasteiger partial charge in [0.15, 0.2) is 0 Å². The normalized spacial score (nSPS) is 12.3. The third-order valence-electron chi connectivity index (χ3n) is 3.98. The lowest BCUT2D eigenvalue weighted by Crippen LogP contribution is -2.41. The van der Waals surface area contributed by atoms with E-state index in [1.807, 2.05) is 18.3 Å². The highest BCUT2D eigenvalue weighted by Crippen LogP contribution is 2.35. The van der Waals surface area contributed by atoms with E-state index < -0.39 is 0 Å². The Labute approximate surface area is 158 Å². The fourth-order valence-corrected chi connectivity index (χ4v) is 4.25. The molecule has 0 aliphatic rings. The summed E-state index contributed by atoms with van der Waals surface area (Å²) in [7, 11) is 0. The number of aromatic nitrogens is 1. The summed E-state index contributed by atoms with van der Waals surface area (Å²) in [5, 5.41) is 14.8. The van der Waals surface area contributed by atoms with Gasteiger partial charge in [-0.05, 0) is 30.9 Å². The number of amides is 2. The number of thioether (sulfide) groups is 1. The van der Waals surface area contributed by atoms with Crippen LogP contribution in [-0.2, 0) is 9.59 Å². The fourth-order valence-electron chi connectivity index (χ4n) is 2.75. The van der Waals surface area contributed by atoms with E-state index in [0.717, 1.165) is 15.8 Å². The molecule has 6 nitrogen and oxygen atoms in total. The molecular formula is C19H27N3O3S. The molecule has 1 unspecified atom stereocenters. The Morgan fingerprint density at radius 1 is 1.27 bits per heavy atom. The van der Waals surface area contributed by atoms with E-state index >= 15 is 0 Å². The zero-order valence-electron chi connectivity index (χ0n) is 15.5. The molecule has 4 N–H and O–H groups in total. The number of rotatable bonds is 9. The van der Waals surface area contributed by atoms with Crippen molar-refractivity contribution in [2.75, 3.05) is 19.7 Å². The summed E-state index contributed by atoms with van der Waals surface area (Å²) in [5.74, 6) is -0.0952. The molecule has 1 atom stereocenters. The van der Waals surface area contributed by atoms with Gasteiger partial charge in [-0.1, -0.05) is 26.0 Å². The topological polar surface area (TPSA) is 94.2 Å². The summed E-state index contributed by atoms with van der Waals surface area (Å²) in [6, 6.07) is 6.09. The molecule has 1 aromatic heterocycles. The van der Waals surface area contributed by atoms with Crippen LogP contribution in [-0.4, -0.2) is 46.9 Å². The van der Waals surface area contributed by atoms with E-state index in [1.165, 1.54) is 17.3 Å². The quantitative estimate of drug-likeness (QED) is 0.504. The number of H-pyrrole nitrogens is 1. The summed E-state index contributed by atoms with van der Waals surface area (Å²) in [5.41, 5.74) is 2.22. The van der Waals surface area contributed by atoms with Gasteiger partial charge in [0.25, 0.3) is 0 Å². The number of aliphatic hydroxyl groups excluding tert-OH is 1. The van der Waals surface area contributed by atoms with Crippen molar-refractivity contribution in [3.05, 3.63) is 30.0 Å². The first kappa shape index (κ1) is 20.3. The first-order chi connectivity index (χ1) is 12.4. The van der Waals surface area contributed by atoms with Gasteiger partial charge in [0.1, 0.15) is 0 Å². The number of aryl methyl sites for hydroxylation is 1. The number of fused-ring (bicyclic) bond motifs is 1. The van der Waals surface area contributed by atoms with Crippen molar-refractivity contribution in [1.82, 2.24) is 15.6 Å². The largest absolute Gasteiger partial charge is 0.395 e. The molecule has 1 aromatic carbocycles. The predicted octanol–water partition coefficient (Wildman–Crippen LogP) is 2.21. The van der Waals surface area contributed by atoms with Crippen LogP contribution in [0.1, 0.15) is 25.8 Å². The van der Waals surface area contributed by atoms with Crippen molar-refractivity contribution < 1.29 is 14.7 Å². The SMILES string of the molecule is Cc1cccc2[nH]cc(SC(CC(C)C)C(=O)NCC(=O)NCCO)c12. The third-order valence-corrected chi connectivity index (χ3v) is 5.25. The summed E-state index contributed by atoms with van der Waals surface area (Å²) in [4.78, 5) is 28.6. The molecule has 0 aliphatic carbocycles. The lowest BCUT2D eigenvalue weighted by atomic mass is 10.1. The standard InChI is InChI=1S/C19H27N3O3S/c1-12(2)9-15(19(25)22-11-17(24)20-7-8-23)26-16-10-21-14-6-4-5-13(3)18(14)16/h4-6,10,12,15,21,23H,7-9,11H2,1-3H3,(H,20,24)(H,22,25). The molecule has 2 amide bonds. The first-order valence-electron chi connectivity index (χ1n) is 8.81. The number of aliphatic hydroxyl groups is 1. The first-order valence-corrected chi connectivity index (χ1v) is 9.69. The molecule has 7 heteroatoms. The highest BCUT2D eigenvalue weighted by Gasteiger charge is 2.23. The minimum absolute atomic E-state index is 0.0824. The van der Waals surface area contributed by atoms with Crippen molar-refractivity contribution in [3.8, 4) is 0 Å². The number of hydrogen-bond donors (Lipinski definition) is 4. The van der Waals surface area contributed by atoms with Gasteiger partial charge in [0.05, 0.1) is 18.4 Å². The zero-order valence-corrected chi connectivity index (χ0v) is 16.3. The molecule has 142 valence electrons. The van der Waals surface area contributed by atoms with Gasteiger partial charge in [0, 0.05) is 28.5 Å². The molecule has 0 saturated heterocycles. The maximum atomic E-state index is 12.6. The smallest absolute Gasteiger partial charge is 0.239 e. The molecular weight excluding hydrogens is 350 g/mol. The molecule has 2 rings (SSSR count). The number of aromatic amines is 1. The van der Waals surface area contributed by atoms with Crippen LogP contribution in [0.4, 0.5) is 0 Å². The van der Waals surface area contributed by atoms with Crippen molar-refractivity contribution in [1.29, 1.82) is 0 Å². The second-order valence-corrected chi connectivity index (χ2v) is 7.92. The average molecular weight is 378 g/mol. The van der Waals surface area contributed by atoms with E-state index in [1.54, 1.807) is 0 Å². The summed E-state index contributed by atoms with van der Waals surface area (Å²) in [6.07, 6.45) is 2.66. The summed E-state index contributed by atoms with van der Waals surface area (Å²) < 4.78 is 0. The number of carbonyl (C=O) groups excluding carboxylic acids is 2. The van der Waals surface area contributed by atoms with Gasteiger partial charge < -0.3 is 20.7 Å². The Balaban J connectivity index is 2.09. The molecule has 0 spiro atoms. The minimum Gasteiger partial charge on any atom is -0.395 e. The lowest BCUT2D eigenvalue weighted by Gasteiger charge is -2.18. The molecule has 26 heavy (non-hydrogen) atoms. The van der Waals surface area contributed by atoms with Gasteiger partial charge >= 0.3 is 0 Å². The number of nitrogens with one attached hydrogen (secondary N) is 3. The van der Waals surface area contributed by atoms with Crippen molar-refractivity contribution >= 4 is 34.5 Å². The van der Waals surface area contributed by atoms with Gasteiger partial charge in [0.2, 0.25) is 11.8 Å². The van der Waals surface area contributed by atoms with Crippen molar-refractivity contribution in [2.45, 2.75) is 37.3 Å². The maximum absolute atomic E-state index is 12.6. The molecule has 2 aromatic rings. The molecule has 0 aliphatic heterocycles. The number of benzene rings is 1. The van der Waals surface area contributed by atoms with Crippen LogP contribution in [0.3, 0.4) is 0 Å². The maximum Gasteiger partial charge on any atom is 0.239 e. The third kappa shape index (κ3) is 5.51. The van der Waals surface area contributed by atoms with Crippen molar-refractivity contribution in [2.24, 2.45) is 5.92 Å². The molecule has 0 bridgehead atoms. The molecule has 1 heterocycles. The molecule has 0 fully saturated rings. The van der Waals surface area contributed by atoms with E-state index in [-0.39, 0.29) is 36.8 Å². The monoisotopic (exact) mass is 377 g/mol. The fraction of sp³-hybridized carbons (Fsp3) is 0.474. The lowest BCUT2D eigenvalue weighted by molar-refractivity contribution is -0.126. The van der Waals surface area contributed by atoms with Gasteiger partial charge in [-0.3, -0.25) is 9.59 Å². The van der Waals surface area contributed by atoms with Crippen LogP contribution in [0.15, 0.2) is 29.3 Å². The van der Waals surface area contributed by atoms with Crippen LogP contribution in [0.5, 0.6) is 0 Å². The Morgan fingerprint density at radius 2 is 2.04 bits per heavy atom. The Kier molecular flexibility index (Phi) is 7.53. The molecule has 0 saturated carbocycles.